The van der Waals surface area contributed by atoms with Crippen molar-refractivity contribution in [2.45, 2.75) is 33.2 Å². The summed E-state index contributed by atoms with van der Waals surface area (Å²) >= 11 is 0. The standard InChI is InChI=1S/C24H23NO4/c1-4-28-23(26)20-15(2)25(14-17-10-6-5-7-11-17)16(3)21-22(20)18-12-8-9-13-19(18)29-24(21)27/h5-13,22H,4,14H2,1-3H3/t22-/m1/s1. The van der Waals surface area contributed by atoms with Crippen LogP contribution in [-0.2, 0) is 20.9 Å². The lowest BCUT2D eigenvalue weighted by Crippen LogP contribution is -2.38. The van der Waals surface area contributed by atoms with Crippen LogP contribution in [0.2, 0.25) is 0 Å². The zero-order valence-electron chi connectivity index (χ0n) is 16.8. The Labute approximate surface area is 170 Å². The smallest absolute Gasteiger partial charge is 0.342 e. The second-order valence-corrected chi connectivity index (χ2v) is 7.15. The van der Waals surface area contributed by atoms with Crippen molar-refractivity contribution in [3.63, 3.8) is 0 Å². The zero-order valence-corrected chi connectivity index (χ0v) is 16.8. The predicted molar refractivity (Wildman–Crippen MR) is 109 cm³/mol. The van der Waals surface area contributed by atoms with E-state index in [2.05, 4.69) is 0 Å². The molecule has 0 saturated carbocycles. The van der Waals surface area contributed by atoms with Crippen molar-refractivity contribution in [2.75, 3.05) is 6.61 Å². The van der Waals surface area contributed by atoms with Crippen LogP contribution in [0, 0.1) is 0 Å². The fourth-order valence-corrected chi connectivity index (χ4v) is 4.13. The van der Waals surface area contributed by atoms with Crippen LogP contribution in [0.3, 0.4) is 0 Å². The molecule has 4 rings (SSSR count). The number of benzene rings is 2. The molecule has 0 saturated heterocycles. The van der Waals surface area contributed by atoms with E-state index < -0.39 is 17.9 Å². The Kier molecular flexibility index (Phi) is 4.97. The molecule has 29 heavy (non-hydrogen) atoms. The van der Waals surface area contributed by atoms with Gasteiger partial charge in [0.1, 0.15) is 5.75 Å². The molecule has 0 aliphatic carbocycles. The molecule has 5 heteroatoms. The Bertz CT molecular complexity index is 1040. The largest absolute Gasteiger partial charge is 0.463 e. The van der Waals surface area contributed by atoms with Gasteiger partial charge < -0.3 is 14.4 Å². The molecule has 5 nitrogen and oxygen atoms in total. The molecule has 2 aliphatic heterocycles. The van der Waals surface area contributed by atoms with Gasteiger partial charge in [0.25, 0.3) is 0 Å². The Morgan fingerprint density at radius 1 is 1.03 bits per heavy atom. The first-order valence-corrected chi connectivity index (χ1v) is 9.74. The van der Waals surface area contributed by atoms with Crippen molar-refractivity contribution in [3.05, 3.63) is 88.3 Å². The third kappa shape index (κ3) is 3.23. The van der Waals surface area contributed by atoms with Gasteiger partial charge in [-0.1, -0.05) is 48.5 Å². The van der Waals surface area contributed by atoms with Crippen molar-refractivity contribution < 1.29 is 19.1 Å². The van der Waals surface area contributed by atoms with Gasteiger partial charge in [0.2, 0.25) is 0 Å². The molecule has 2 aromatic rings. The van der Waals surface area contributed by atoms with Gasteiger partial charge in [-0.25, -0.2) is 9.59 Å². The number of para-hydroxylation sites is 1. The minimum Gasteiger partial charge on any atom is -0.463 e. The lowest BCUT2D eigenvalue weighted by molar-refractivity contribution is -0.139. The normalized spacial score (nSPS) is 18.2. The minimum absolute atomic E-state index is 0.269. The second-order valence-electron chi connectivity index (χ2n) is 7.15. The van der Waals surface area contributed by atoms with E-state index in [0.29, 0.717) is 23.4 Å². The molecule has 0 bridgehead atoms. The number of hydrogen-bond donors (Lipinski definition) is 0. The van der Waals surface area contributed by atoms with Gasteiger partial charge in [-0.2, -0.15) is 0 Å². The molecule has 148 valence electrons. The van der Waals surface area contributed by atoms with Crippen molar-refractivity contribution in [1.29, 1.82) is 0 Å². The average Bonchev–Trinajstić information content (AvgIpc) is 2.72. The molecular formula is C24H23NO4. The molecule has 0 unspecified atom stereocenters. The van der Waals surface area contributed by atoms with Gasteiger partial charge in [0, 0.05) is 23.5 Å². The number of nitrogens with zero attached hydrogens (tertiary/aromatic N) is 1. The maximum atomic E-state index is 13.0. The third-order valence-electron chi connectivity index (χ3n) is 5.50. The summed E-state index contributed by atoms with van der Waals surface area (Å²) in [6.45, 7) is 6.42. The minimum atomic E-state index is -0.487. The number of ether oxygens (including phenoxy) is 2. The van der Waals surface area contributed by atoms with Gasteiger partial charge in [-0.15, -0.1) is 0 Å². The van der Waals surface area contributed by atoms with E-state index in [-0.39, 0.29) is 6.61 Å². The van der Waals surface area contributed by atoms with E-state index in [1.165, 1.54) is 0 Å². The number of allylic oxidation sites excluding steroid dienone is 2. The Morgan fingerprint density at radius 3 is 2.45 bits per heavy atom. The van der Waals surface area contributed by atoms with E-state index in [9.17, 15) is 9.59 Å². The van der Waals surface area contributed by atoms with Crippen LogP contribution in [-0.4, -0.2) is 23.4 Å². The molecule has 2 aliphatic rings. The quantitative estimate of drug-likeness (QED) is 0.576. The van der Waals surface area contributed by atoms with Gasteiger partial charge in [-0.3, -0.25) is 0 Å². The Morgan fingerprint density at radius 2 is 1.72 bits per heavy atom. The molecule has 1 atom stereocenters. The summed E-state index contributed by atoms with van der Waals surface area (Å²) in [5, 5.41) is 0. The highest BCUT2D eigenvalue weighted by molar-refractivity contribution is 6.02. The summed E-state index contributed by atoms with van der Waals surface area (Å²) < 4.78 is 11.0. The lowest BCUT2D eigenvalue weighted by atomic mass is 9.78. The molecular weight excluding hydrogens is 366 g/mol. The average molecular weight is 389 g/mol. The van der Waals surface area contributed by atoms with Crippen LogP contribution in [0.1, 0.15) is 37.8 Å². The molecule has 2 aromatic carbocycles. The number of carbonyl (C=O) groups is 2. The third-order valence-corrected chi connectivity index (χ3v) is 5.50. The molecule has 0 aromatic heterocycles. The van der Waals surface area contributed by atoms with E-state index in [1.54, 1.807) is 13.0 Å². The fourth-order valence-electron chi connectivity index (χ4n) is 4.13. The van der Waals surface area contributed by atoms with Crippen LogP contribution < -0.4 is 4.74 Å². The predicted octanol–water partition coefficient (Wildman–Crippen LogP) is 4.32. The first kappa shape index (κ1) is 19.0. The van der Waals surface area contributed by atoms with Crippen LogP contribution in [0.5, 0.6) is 5.75 Å². The molecule has 2 heterocycles. The van der Waals surface area contributed by atoms with Crippen molar-refractivity contribution >= 4 is 11.9 Å². The van der Waals surface area contributed by atoms with Gasteiger partial charge in [0.05, 0.1) is 23.7 Å². The molecule has 0 fully saturated rings. The molecule has 0 spiro atoms. The monoisotopic (exact) mass is 389 g/mol. The van der Waals surface area contributed by atoms with Crippen molar-refractivity contribution in [2.24, 2.45) is 0 Å². The number of carbonyl (C=O) groups excluding carboxylic acids is 2. The topological polar surface area (TPSA) is 55.8 Å². The molecule has 0 N–H and O–H groups in total. The fraction of sp³-hybridized carbons (Fsp3) is 0.250. The van der Waals surface area contributed by atoms with Gasteiger partial charge >= 0.3 is 11.9 Å². The van der Waals surface area contributed by atoms with E-state index in [0.717, 1.165) is 22.5 Å². The lowest BCUT2D eigenvalue weighted by Gasteiger charge is -2.40. The molecule has 0 amide bonds. The first-order chi connectivity index (χ1) is 14.0. The SMILES string of the molecule is CCOC(=O)C1=C(C)N(Cc2ccccc2)C(C)=C2C(=O)Oc3ccccc3[C@H]12. The number of hydrogen-bond acceptors (Lipinski definition) is 5. The van der Waals surface area contributed by atoms with Crippen LogP contribution in [0.15, 0.2) is 77.1 Å². The summed E-state index contributed by atoms with van der Waals surface area (Å²) in [4.78, 5) is 28.0. The highest BCUT2D eigenvalue weighted by Gasteiger charge is 2.44. The van der Waals surface area contributed by atoms with E-state index >= 15 is 0 Å². The summed E-state index contributed by atoms with van der Waals surface area (Å²) in [5.41, 5.74) is 4.47. The second kappa shape index (κ2) is 7.59. The Balaban J connectivity index is 1.89. The van der Waals surface area contributed by atoms with Crippen molar-refractivity contribution in [1.82, 2.24) is 4.90 Å². The summed E-state index contributed by atoms with van der Waals surface area (Å²) in [6, 6.07) is 17.3. The Hall–Kier alpha value is -3.34. The summed E-state index contributed by atoms with van der Waals surface area (Å²) in [5.74, 6) is -0.815. The van der Waals surface area contributed by atoms with E-state index in [4.69, 9.17) is 9.47 Å². The highest BCUT2D eigenvalue weighted by Crippen LogP contribution is 2.48. The molecule has 0 radical (unpaired) electrons. The van der Waals surface area contributed by atoms with Crippen LogP contribution >= 0.6 is 0 Å². The zero-order chi connectivity index (χ0) is 20.5. The van der Waals surface area contributed by atoms with Gasteiger partial charge in [-0.05, 0) is 32.4 Å². The van der Waals surface area contributed by atoms with Crippen LogP contribution in [0.4, 0.5) is 0 Å². The maximum Gasteiger partial charge on any atom is 0.342 e. The number of fused-ring (bicyclic) bond motifs is 3. The number of rotatable bonds is 4. The maximum absolute atomic E-state index is 13.0. The van der Waals surface area contributed by atoms with Gasteiger partial charge in [0.15, 0.2) is 0 Å². The van der Waals surface area contributed by atoms with E-state index in [1.807, 2.05) is 67.3 Å². The summed E-state index contributed by atoms with van der Waals surface area (Å²) in [6.07, 6.45) is 0. The first-order valence-electron chi connectivity index (χ1n) is 9.74. The number of esters is 2. The van der Waals surface area contributed by atoms with Crippen molar-refractivity contribution in [3.8, 4) is 5.75 Å². The highest BCUT2D eigenvalue weighted by atomic mass is 16.5. The summed E-state index contributed by atoms with van der Waals surface area (Å²) in [7, 11) is 0. The van der Waals surface area contributed by atoms with Crippen LogP contribution in [0.25, 0.3) is 0 Å².